The lowest BCUT2D eigenvalue weighted by molar-refractivity contribution is 0.107. The second-order valence-corrected chi connectivity index (χ2v) is 7.51. The Morgan fingerprint density at radius 1 is 0.344 bits per heavy atom. The van der Waals surface area contributed by atoms with Gasteiger partial charge >= 0.3 is 0 Å². The number of rotatable bonds is 4. The molecule has 1 aliphatic carbocycles. The minimum Gasteiger partial charge on any atom is -0.298 e. The van der Waals surface area contributed by atoms with E-state index in [1.165, 1.54) is 0 Å². The normalized spacial score (nSPS) is 15.5. The average molecular weight is 416 g/mol. The van der Waals surface area contributed by atoms with Crippen LogP contribution >= 0.6 is 0 Å². The second-order valence-electron chi connectivity index (χ2n) is 7.51. The maximum atomic E-state index is 12.3. The van der Waals surface area contributed by atoms with E-state index in [4.69, 9.17) is 0 Å². The van der Waals surface area contributed by atoms with Gasteiger partial charge < -0.3 is 0 Å². The minimum atomic E-state index is -0.0722. The van der Waals surface area contributed by atoms with Crippen LogP contribution in [0.2, 0.25) is 0 Å². The highest BCUT2D eigenvalue weighted by atomic mass is 16.1. The summed E-state index contributed by atoms with van der Waals surface area (Å²) in [5, 5.41) is 6.07. The van der Waals surface area contributed by atoms with Crippen molar-refractivity contribution in [3.05, 3.63) is 137 Å². The molecule has 0 heterocycles. The highest BCUT2D eigenvalue weighted by Crippen LogP contribution is 2.22. The average Bonchev–Trinajstić information content (AvgIpc) is 2.86. The van der Waals surface area contributed by atoms with Gasteiger partial charge in [0, 0.05) is 32.7 Å². The first-order chi connectivity index (χ1) is 15.7. The van der Waals surface area contributed by atoms with Crippen molar-refractivity contribution in [2.75, 3.05) is 0 Å². The molecule has 0 saturated carbocycles. The molecule has 0 aromatic heterocycles. The van der Waals surface area contributed by atoms with Crippen LogP contribution in [0.15, 0.2) is 72.8 Å². The third-order valence-corrected chi connectivity index (χ3v) is 6.03. The Morgan fingerprint density at radius 3 is 0.875 bits per heavy atom. The van der Waals surface area contributed by atoms with E-state index in [9.17, 15) is 19.2 Å². The van der Waals surface area contributed by atoms with Gasteiger partial charge in [-0.25, -0.2) is 0 Å². The Balaban J connectivity index is 2.52. The van der Waals surface area contributed by atoms with E-state index in [2.05, 4.69) is 0 Å². The van der Waals surface area contributed by atoms with E-state index >= 15 is 0 Å². The molecule has 0 saturated heterocycles. The Morgan fingerprint density at radius 2 is 0.594 bits per heavy atom. The third kappa shape index (κ3) is 2.63. The summed E-state index contributed by atoms with van der Waals surface area (Å²) in [6.45, 7) is 0. The SMILES string of the molecule is O=Cc1c(C=O)c(C=O)c2/c(c1C=O)=c1/cccc/c1=c1\cccc\c1=c1/cccc/c1=2. The summed E-state index contributed by atoms with van der Waals surface area (Å²) < 4.78 is 0. The number of benzene rings is 4. The van der Waals surface area contributed by atoms with Gasteiger partial charge in [-0.3, -0.25) is 19.2 Å². The molecule has 0 unspecified atom stereocenters. The van der Waals surface area contributed by atoms with Crippen LogP contribution in [-0.4, -0.2) is 25.1 Å². The zero-order chi connectivity index (χ0) is 22.2. The first-order valence-corrected chi connectivity index (χ1v) is 10.1. The maximum absolute atomic E-state index is 12.3. The number of hydrogen-bond acceptors (Lipinski definition) is 4. The zero-order valence-corrected chi connectivity index (χ0v) is 16.9. The van der Waals surface area contributed by atoms with Gasteiger partial charge in [-0.05, 0) is 31.3 Å². The Hall–Kier alpha value is -4.44. The summed E-state index contributed by atoms with van der Waals surface area (Å²) in [4.78, 5) is 48.6. The summed E-state index contributed by atoms with van der Waals surface area (Å²) in [7, 11) is 0. The number of fused-ring (bicyclic) bond motifs is 4. The lowest BCUT2D eigenvalue weighted by atomic mass is 9.90. The summed E-state index contributed by atoms with van der Waals surface area (Å²) in [6.07, 6.45) is 2.14. The largest absolute Gasteiger partial charge is 0.298 e. The van der Waals surface area contributed by atoms with Crippen LogP contribution in [0, 0.1) is 41.7 Å². The van der Waals surface area contributed by atoms with Crippen LogP contribution in [0.1, 0.15) is 41.4 Å². The van der Waals surface area contributed by atoms with Crippen LogP contribution < -0.4 is 0 Å². The van der Waals surface area contributed by atoms with Crippen LogP contribution in [-0.2, 0) is 0 Å². The van der Waals surface area contributed by atoms with Gasteiger partial charge in [0.2, 0.25) is 0 Å². The number of carbonyl (C=O) groups is 4. The fourth-order valence-electron chi connectivity index (χ4n) is 4.71. The quantitative estimate of drug-likeness (QED) is 0.407. The number of hydrogen-bond donors (Lipinski definition) is 0. The topological polar surface area (TPSA) is 68.3 Å². The molecule has 0 amide bonds. The van der Waals surface area contributed by atoms with Gasteiger partial charge in [0.1, 0.15) is 0 Å². The second kappa shape index (κ2) is 7.67. The highest BCUT2D eigenvalue weighted by molar-refractivity contribution is 6.03. The van der Waals surface area contributed by atoms with E-state index in [-0.39, 0.29) is 22.3 Å². The molecule has 4 nitrogen and oxygen atoms in total. The van der Waals surface area contributed by atoms with Crippen molar-refractivity contribution in [3.8, 4) is 0 Å². The van der Waals surface area contributed by atoms with Gasteiger partial charge in [0.05, 0.1) is 0 Å². The van der Waals surface area contributed by atoms with Crippen molar-refractivity contribution in [1.82, 2.24) is 0 Å². The Kier molecular flexibility index (Phi) is 4.68. The molecule has 0 spiro atoms. The van der Waals surface area contributed by atoms with Crippen molar-refractivity contribution in [2.45, 2.75) is 0 Å². The first kappa shape index (κ1) is 19.5. The van der Waals surface area contributed by atoms with Crippen LogP contribution in [0.5, 0.6) is 0 Å². The van der Waals surface area contributed by atoms with Crippen molar-refractivity contribution in [1.29, 1.82) is 0 Å². The summed E-state index contributed by atoms with van der Waals surface area (Å²) >= 11 is 0. The molecule has 0 fully saturated rings. The lowest BCUT2D eigenvalue weighted by Crippen LogP contribution is -2.08. The van der Waals surface area contributed by atoms with Gasteiger partial charge in [0.25, 0.3) is 0 Å². The minimum absolute atomic E-state index is 0.0722. The molecule has 32 heavy (non-hydrogen) atoms. The fraction of sp³-hybridized carbons (Fsp3) is 0. The number of aldehydes is 4. The molecule has 0 atom stereocenters. The smallest absolute Gasteiger partial charge is 0.151 e. The maximum Gasteiger partial charge on any atom is 0.151 e. The molecule has 4 aromatic rings. The van der Waals surface area contributed by atoms with Gasteiger partial charge in [0.15, 0.2) is 25.1 Å². The molecule has 0 N–H and O–H groups in total. The molecule has 0 radical (unpaired) electrons. The monoisotopic (exact) mass is 416 g/mol. The summed E-state index contributed by atoms with van der Waals surface area (Å²) in [6, 6.07) is 23.1. The fourth-order valence-corrected chi connectivity index (χ4v) is 4.71. The number of carbonyl (C=O) groups excluding carboxylic acids is 4. The standard InChI is InChI=1S/C28H16O4/c29-13-23-24(14-30)26(16-32)28-22-12-6-4-10-20(22)18-8-2-1-7-17(18)19-9-3-5-11-21(19)27(28)25(23)15-31/h1-16H/b19-17-,20-18-,27-21-,28-22-. The van der Waals surface area contributed by atoms with Crippen LogP contribution in [0.3, 0.4) is 0 Å². The highest BCUT2D eigenvalue weighted by Gasteiger charge is 2.18. The van der Waals surface area contributed by atoms with Gasteiger partial charge in [-0.1, -0.05) is 72.8 Å². The molecule has 0 aliphatic heterocycles. The molecular formula is C28H16O4. The van der Waals surface area contributed by atoms with E-state index in [0.717, 1.165) is 31.3 Å². The Bertz CT molecular complexity index is 1720. The zero-order valence-electron chi connectivity index (χ0n) is 16.9. The van der Waals surface area contributed by atoms with Crippen molar-refractivity contribution < 1.29 is 19.2 Å². The molecule has 4 heteroatoms. The predicted octanol–water partition coefficient (Wildman–Crippen LogP) is 4.40. The molecule has 0 bridgehead atoms. The van der Waals surface area contributed by atoms with Crippen molar-refractivity contribution >= 4 is 25.1 Å². The third-order valence-electron chi connectivity index (χ3n) is 6.03. The van der Waals surface area contributed by atoms with E-state index < -0.39 is 0 Å². The lowest BCUT2D eigenvalue weighted by Gasteiger charge is -2.11. The van der Waals surface area contributed by atoms with E-state index in [1.807, 2.05) is 72.8 Å². The predicted molar refractivity (Wildman–Crippen MR) is 118 cm³/mol. The van der Waals surface area contributed by atoms with Gasteiger partial charge in [-0.2, -0.15) is 0 Å². The molecule has 152 valence electrons. The molecular weight excluding hydrogens is 400 g/mol. The summed E-state index contributed by atoms with van der Waals surface area (Å²) in [5.41, 5.74) is 0.0580. The van der Waals surface area contributed by atoms with E-state index in [0.29, 0.717) is 35.6 Å². The van der Waals surface area contributed by atoms with Gasteiger partial charge in [-0.15, -0.1) is 0 Å². The first-order valence-electron chi connectivity index (χ1n) is 10.1. The molecule has 1 aliphatic rings. The Labute approximate surface area is 181 Å². The van der Waals surface area contributed by atoms with Crippen LogP contribution in [0.25, 0.3) is 0 Å². The van der Waals surface area contributed by atoms with Crippen molar-refractivity contribution in [2.24, 2.45) is 0 Å². The molecule has 5 rings (SSSR count). The van der Waals surface area contributed by atoms with E-state index in [1.54, 1.807) is 0 Å². The van der Waals surface area contributed by atoms with Crippen LogP contribution in [0.4, 0.5) is 0 Å². The summed E-state index contributed by atoms with van der Waals surface area (Å²) in [5.74, 6) is 0. The van der Waals surface area contributed by atoms with Crippen molar-refractivity contribution in [3.63, 3.8) is 0 Å². The molecule has 4 aromatic carbocycles.